The molecule has 1 aromatic heterocycles. The third kappa shape index (κ3) is 4.04. The van der Waals surface area contributed by atoms with E-state index in [1.165, 1.54) is 0 Å². The monoisotopic (exact) mass is 385 g/mol. The van der Waals surface area contributed by atoms with Gasteiger partial charge in [0.2, 0.25) is 5.78 Å². The van der Waals surface area contributed by atoms with Crippen LogP contribution in [-0.2, 0) is 4.79 Å². The second-order valence-electron chi connectivity index (χ2n) is 6.65. The van der Waals surface area contributed by atoms with Crippen molar-refractivity contribution in [2.75, 3.05) is 11.9 Å². The van der Waals surface area contributed by atoms with Crippen LogP contribution < -0.4 is 10.1 Å². The Balaban J connectivity index is 1.60. The Kier molecular flexibility index (Phi) is 5.12. The number of anilines is 1. The number of nitrogens with one attached hydrogen (secondary N) is 1. The lowest BCUT2D eigenvalue weighted by atomic mass is 10.1. The molecule has 4 aromatic rings. The van der Waals surface area contributed by atoms with Crippen LogP contribution in [0.25, 0.3) is 11.0 Å². The van der Waals surface area contributed by atoms with Crippen molar-refractivity contribution >= 4 is 28.3 Å². The number of hydrogen-bond acceptors (Lipinski definition) is 4. The van der Waals surface area contributed by atoms with Crippen molar-refractivity contribution in [2.24, 2.45) is 0 Å². The normalized spacial score (nSPS) is 10.7. The standard InChI is InChI=1S/C24H19NO4/c1-16-8-7-11-18(14-16)28-15-21(26)25-22-19-12-5-6-13-20(19)29-24(22)23(27)17-9-3-2-4-10-17/h2-14H,15H2,1H3,(H,25,26). The molecule has 0 aliphatic rings. The predicted molar refractivity (Wildman–Crippen MR) is 111 cm³/mol. The van der Waals surface area contributed by atoms with Crippen LogP contribution in [-0.4, -0.2) is 18.3 Å². The number of furan rings is 1. The van der Waals surface area contributed by atoms with Crippen molar-refractivity contribution in [3.8, 4) is 5.75 Å². The summed E-state index contributed by atoms with van der Waals surface area (Å²) in [5.74, 6) is 0.0379. The molecule has 0 aliphatic heterocycles. The van der Waals surface area contributed by atoms with Gasteiger partial charge in [0.05, 0.1) is 5.69 Å². The first-order valence-electron chi connectivity index (χ1n) is 9.22. The molecule has 4 rings (SSSR count). The number of aryl methyl sites for hydroxylation is 1. The van der Waals surface area contributed by atoms with Crippen LogP contribution in [0.3, 0.4) is 0 Å². The quantitative estimate of drug-likeness (QED) is 0.475. The van der Waals surface area contributed by atoms with E-state index in [4.69, 9.17) is 9.15 Å². The van der Waals surface area contributed by atoms with Crippen molar-refractivity contribution in [3.05, 3.63) is 95.7 Å². The Hall–Kier alpha value is -3.86. The summed E-state index contributed by atoms with van der Waals surface area (Å²) in [6.07, 6.45) is 0. The zero-order valence-electron chi connectivity index (χ0n) is 15.8. The van der Waals surface area contributed by atoms with Crippen molar-refractivity contribution in [1.82, 2.24) is 0 Å². The molecule has 0 unspecified atom stereocenters. The van der Waals surface area contributed by atoms with Crippen molar-refractivity contribution in [1.29, 1.82) is 0 Å². The van der Waals surface area contributed by atoms with Gasteiger partial charge in [-0.2, -0.15) is 0 Å². The summed E-state index contributed by atoms with van der Waals surface area (Å²) in [5.41, 5.74) is 2.41. The number of ether oxygens (including phenoxy) is 1. The number of para-hydroxylation sites is 1. The van der Waals surface area contributed by atoms with Gasteiger partial charge in [0.25, 0.3) is 5.91 Å². The molecule has 5 heteroatoms. The van der Waals surface area contributed by atoms with Gasteiger partial charge in [-0.05, 0) is 36.8 Å². The van der Waals surface area contributed by atoms with Gasteiger partial charge in [-0.3, -0.25) is 9.59 Å². The zero-order valence-corrected chi connectivity index (χ0v) is 15.8. The maximum Gasteiger partial charge on any atom is 0.262 e. The van der Waals surface area contributed by atoms with E-state index in [-0.39, 0.29) is 24.1 Å². The fraction of sp³-hybridized carbons (Fsp3) is 0.0833. The van der Waals surface area contributed by atoms with Crippen LogP contribution in [0.4, 0.5) is 5.69 Å². The lowest BCUT2D eigenvalue weighted by Gasteiger charge is -2.08. The number of fused-ring (bicyclic) bond motifs is 1. The Bertz CT molecular complexity index is 1180. The molecule has 0 saturated carbocycles. The van der Waals surface area contributed by atoms with Crippen LogP contribution in [0.2, 0.25) is 0 Å². The highest BCUT2D eigenvalue weighted by Gasteiger charge is 2.23. The summed E-state index contributed by atoms with van der Waals surface area (Å²) >= 11 is 0. The lowest BCUT2D eigenvalue weighted by Crippen LogP contribution is -2.21. The Morgan fingerprint density at radius 3 is 2.48 bits per heavy atom. The Labute approximate surface area is 167 Å². The molecule has 0 spiro atoms. The molecule has 1 amide bonds. The minimum Gasteiger partial charge on any atom is -0.484 e. The third-order valence-electron chi connectivity index (χ3n) is 4.46. The summed E-state index contributed by atoms with van der Waals surface area (Å²) in [7, 11) is 0. The molecule has 29 heavy (non-hydrogen) atoms. The summed E-state index contributed by atoms with van der Waals surface area (Å²) < 4.78 is 11.4. The summed E-state index contributed by atoms with van der Waals surface area (Å²) in [5, 5.41) is 3.45. The highest BCUT2D eigenvalue weighted by molar-refractivity contribution is 6.17. The number of hydrogen-bond donors (Lipinski definition) is 1. The van der Waals surface area contributed by atoms with Crippen molar-refractivity contribution in [2.45, 2.75) is 6.92 Å². The van der Waals surface area contributed by atoms with Crippen LogP contribution in [0.5, 0.6) is 5.75 Å². The van der Waals surface area contributed by atoms with E-state index in [1.807, 2.05) is 43.3 Å². The third-order valence-corrected chi connectivity index (χ3v) is 4.46. The van der Waals surface area contributed by atoms with Crippen LogP contribution in [0, 0.1) is 6.92 Å². The number of ketones is 1. The summed E-state index contributed by atoms with van der Waals surface area (Å²) in [6, 6.07) is 23.5. The molecule has 0 fully saturated rings. The zero-order chi connectivity index (χ0) is 20.2. The number of carbonyl (C=O) groups is 2. The first kappa shape index (κ1) is 18.5. The Morgan fingerprint density at radius 1 is 0.931 bits per heavy atom. The SMILES string of the molecule is Cc1cccc(OCC(=O)Nc2c(C(=O)c3ccccc3)oc3ccccc23)c1. The van der Waals surface area contributed by atoms with Gasteiger partial charge in [0.15, 0.2) is 12.4 Å². The van der Waals surface area contributed by atoms with Gasteiger partial charge in [-0.25, -0.2) is 0 Å². The Morgan fingerprint density at radius 2 is 1.69 bits per heavy atom. The van der Waals surface area contributed by atoms with Crippen molar-refractivity contribution in [3.63, 3.8) is 0 Å². The molecule has 0 atom stereocenters. The lowest BCUT2D eigenvalue weighted by molar-refractivity contribution is -0.118. The highest BCUT2D eigenvalue weighted by atomic mass is 16.5. The van der Waals surface area contributed by atoms with E-state index in [2.05, 4.69) is 5.32 Å². The first-order chi connectivity index (χ1) is 14.1. The topological polar surface area (TPSA) is 68.5 Å². The molecular weight excluding hydrogens is 366 g/mol. The molecule has 1 heterocycles. The van der Waals surface area contributed by atoms with E-state index < -0.39 is 0 Å². The summed E-state index contributed by atoms with van der Waals surface area (Å²) in [6.45, 7) is 1.77. The molecule has 0 aliphatic carbocycles. The number of amides is 1. The van der Waals surface area contributed by atoms with E-state index in [1.54, 1.807) is 42.5 Å². The predicted octanol–water partition coefficient (Wildman–Crippen LogP) is 4.99. The molecule has 5 nitrogen and oxygen atoms in total. The van der Waals surface area contributed by atoms with Gasteiger partial charge in [0.1, 0.15) is 11.3 Å². The fourth-order valence-electron chi connectivity index (χ4n) is 3.08. The van der Waals surface area contributed by atoms with Gasteiger partial charge in [-0.15, -0.1) is 0 Å². The van der Waals surface area contributed by atoms with Crippen LogP contribution in [0.1, 0.15) is 21.7 Å². The van der Waals surface area contributed by atoms with Crippen molar-refractivity contribution < 1.29 is 18.7 Å². The van der Waals surface area contributed by atoms with Crippen LogP contribution in [0.15, 0.2) is 83.3 Å². The second-order valence-corrected chi connectivity index (χ2v) is 6.65. The van der Waals surface area contributed by atoms with E-state index in [9.17, 15) is 9.59 Å². The first-order valence-corrected chi connectivity index (χ1v) is 9.22. The maximum atomic E-state index is 13.0. The maximum absolute atomic E-state index is 13.0. The molecular formula is C24H19NO4. The smallest absolute Gasteiger partial charge is 0.262 e. The minimum absolute atomic E-state index is 0.0984. The number of carbonyl (C=O) groups excluding carboxylic acids is 2. The second kappa shape index (κ2) is 8.02. The molecule has 144 valence electrons. The number of benzene rings is 3. The highest BCUT2D eigenvalue weighted by Crippen LogP contribution is 2.32. The average Bonchev–Trinajstić information content (AvgIpc) is 3.11. The van der Waals surface area contributed by atoms with Gasteiger partial charge in [0, 0.05) is 10.9 Å². The van der Waals surface area contributed by atoms with Gasteiger partial charge < -0.3 is 14.5 Å². The fourth-order valence-corrected chi connectivity index (χ4v) is 3.08. The average molecular weight is 385 g/mol. The molecule has 0 bridgehead atoms. The molecule has 3 aromatic carbocycles. The largest absolute Gasteiger partial charge is 0.484 e. The molecule has 0 radical (unpaired) electrons. The number of rotatable bonds is 6. The van der Waals surface area contributed by atoms with Crippen LogP contribution >= 0.6 is 0 Å². The molecule has 1 N–H and O–H groups in total. The van der Waals surface area contributed by atoms with E-state index >= 15 is 0 Å². The van der Waals surface area contributed by atoms with E-state index in [0.717, 1.165) is 5.56 Å². The minimum atomic E-state index is -0.375. The van der Waals surface area contributed by atoms with Gasteiger partial charge in [-0.1, -0.05) is 54.6 Å². The van der Waals surface area contributed by atoms with Gasteiger partial charge >= 0.3 is 0 Å². The summed E-state index contributed by atoms with van der Waals surface area (Å²) in [4.78, 5) is 25.5. The van der Waals surface area contributed by atoms with E-state index in [0.29, 0.717) is 28.0 Å². The molecule has 0 saturated heterocycles.